The van der Waals surface area contributed by atoms with Gasteiger partial charge in [0.1, 0.15) is 5.75 Å². The van der Waals surface area contributed by atoms with Crippen molar-refractivity contribution in [1.29, 1.82) is 0 Å². The first-order chi connectivity index (χ1) is 10.1. The predicted molar refractivity (Wildman–Crippen MR) is 88.2 cm³/mol. The molecule has 2 aromatic carbocycles. The number of carbonyl (C=O) groups excluding carboxylic acids is 1. The van der Waals surface area contributed by atoms with Gasteiger partial charge in [0.25, 0.3) is 5.91 Å². The lowest BCUT2D eigenvalue weighted by atomic mass is 10.1. The quantitative estimate of drug-likeness (QED) is 0.863. The van der Waals surface area contributed by atoms with Gasteiger partial charge in [-0.15, -0.1) is 0 Å². The van der Waals surface area contributed by atoms with Gasteiger partial charge >= 0.3 is 0 Å². The molecule has 110 valence electrons. The zero-order valence-electron chi connectivity index (χ0n) is 11.5. The number of halogens is 2. The molecule has 0 saturated carbocycles. The highest BCUT2D eigenvalue weighted by Crippen LogP contribution is 2.23. The molecule has 0 saturated heterocycles. The highest BCUT2D eigenvalue weighted by Gasteiger charge is 2.07. The van der Waals surface area contributed by atoms with E-state index in [4.69, 9.17) is 16.3 Å². The molecule has 2 rings (SSSR count). The molecule has 1 N–H and O–H groups in total. The monoisotopic (exact) mass is 367 g/mol. The highest BCUT2D eigenvalue weighted by atomic mass is 79.9. The van der Waals surface area contributed by atoms with E-state index in [1.54, 1.807) is 25.3 Å². The summed E-state index contributed by atoms with van der Waals surface area (Å²) in [6.07, 6.45) is 0.764. The van der Waals surface area contributed by atoms with Crippen LogP contribution in [-0.2, 0) is 6.42 Å². The van der Waals surface area contributed by atoms with Crippen molar-refractivity contribution in [2.24, 2.45) is 0 Å². The SMILES string of the molecule is COc1ccc(CCNC(=O)c2ccc(Br)c(Cl)c2)cc1. The van der Waals surface area contributed by atoms with Crippen LogP contribution >= 0.6 is 27.5 Å². The second-order valence-electron chi connectivity index (χ2n) is 4.48. The van der Waals surface area contributed by atoms with Crippen molar-refractivity contribution in [3.8, 4) is 5.75 Å². The summed E-state index contributed by atoms with van der Waals surface area (Å²) < 4.78 is 5.88. The van der Waals surface area contributed by atoms with Crippen molar-refractivity contribution >= 4 is 33.4 Å². The first-order valence-corrected chi connectivity index (χ1v) is 7.63. The molecule has 0 spiro atoms. The summed E-state index contributed by atoms with van der Waals surface area (Å²) in [5, 5.41) is 3.40. The van der Waals surface area contributed by atoms with E-state index in [1.807, 2.05) is 24.3 Å². The van der Waals surface area contributed by atoms with E-state index in [2.05, 4.69) is 21.2 Å². The van der Waals surface area contributed by atoms with Gasteiger partial charge in [0, 0.05) is 16.6 Å². The molecule has 21 heavy (non-hydrogen) atoms. The number of benzene rings is 2. The molecule has 3 nitrogen and oxygen atoms in total. The molecule has 0 atom stereocenters. The lowest BCUT2D eigenvalue weighted by Gasteiger charge is -2.07. The fourth-order valence-corrected chi connectivity index (χ4v) is 2.28. The average Bonchev–Trinajstić information content (AvgIpc) is 2.50. The van der Waals surface area contributed by atoms with E-state index in [0.29, 0.717) is 17.1 Å². The van der Waals surface area contributed by atoms with E-state index in [-0.39, 0.29) is 5.91 Å². The van der Waals surface area contributed by atoms with E-state index >= 15 is 0 Å². The lowest BCUT2D eigenvalue weighted by Crippen LogP contribution is -2.25. The Labute approximate surface area is 137 Å². The lowest BCUT2D eigenvalue weighted by molar-refractivity contribution is 0.0954. The minimum absolute atomic E-state index is 0.127. The fourth-order valence-electron chi connectivity index (χ4n) is 1.85. The van der Waals surface area contributed by atoms with Gasteiger partial charge in [-0.1, -0.05) is 23.7 Å². The first-order valence-electron chi connectivity index (χ1n) is 6.46. The third kappa shape index (κ3) is 4.48. The number of ether oxygens (including phenoxy) is 1. The van der Waals surface area contributed by atoms with Crippen molar-refractivity contribution in [2.45, 2.75) is 6.42 Å². The van der Waals surface area contributed by atoms with Crippen LogP contribution in [0.4, 0.5) is 0 Å². The van der Waals surface area contributed by atoms with Crippen LogP contribution in [0.1, 0.15) is 15.9 Å². The molecule has 0 aliphatic rings. The average molecular weight is 369 g/mol. The molecular weight excluding hydrogens is 354 g/mol. The van der Waals surface area contributed by atoms with Gasteiger partial charge in [0.05, 0.1) is 12.1 Å². The van der Waals surface area contributed by atoms with Crippen LogP contribution in [0, 0.1) is 0 Å². The summed E-state index contributed by atoms with van der Waals surface area (Å²) in [5.74, 6) is 0.699. The zero-order chi connectivity index (χ0) is 15.2. The third-order valence-corrected chi connectivity index (χ3v) is 4.27. The summed E-state index contributed by atoms with van der Waals surface area (Å²) in [5.41, 5.74) is 1.70. The molecule has 0 fully saturated rings. The van der Waals surface area contributed by atoms with E-state index in [0.717, 1.165) is 22.2 Å². The van der Waals surface area contributed by atoms with Crippen molar-refractivity contribution in [1.82, 2.24) is 5.32 Å². The number of hydrogen-bond acceptors (Lipinski definition) is 2. The highest BCUT2D eigenvalue weighted by molar-refractivity contribution is 9.10. The van der Waals surface area contributed by atoms with Crippen LogP contribution in [0.15, 0.2) is 46.9 Å². The second-order valence-corrected chi connectivity index (χ2v) is 5.74. The zero-order valence-corrected chi connectivity index (χ0v) is 13.9. The molecule has 0 heterocycles. The Hall–Kier alpha value is -1.52. The number of hydrogen-bond donors (Lipinski definition) is 1. The number of amides is 1. The van der Waals surface area contributed by atoms with Crippen molar-refractivity contribution in [3.63, 3.8) is 0 Å². The largest absolute Gasteiger partial charge is 0.497 e. The number of methoxy groups -OCH3 is 1. The topological polar surface area (TPSA) is 38.3 Å². The van der Waals surface area contributed by atoms with Gasteiger partial charge in [-0.05, 0) is 58.2 Å². The maximum atomic E-state index is 12.0. The molecule has 0 aromatic heterocycles. The minimum Gasteiger partial charge on any atom is -0.497 e. The Kier molecular flexibility index (Phi) is 5.65. The second kappa shape index (κ2) is 7.48. The Balaban J connectivity index is 1.87. The van der Waals surface area contributed by atoms with Gasteiger partial charge < -0.3 is 10.1 Å². The van der Waals surface area contributed by atoms with Crippen LogP contribution < -0.4 is 10.1 Å². The summed E-state index contributed by atoms with van der Waals surface area (Å²) in [4.78, 5) is 12.0. The maximum Gasteiger partial charge on any atom is 0.251 e. The van der Waals surface area contributed by atoms with Crippen LogP contribution in [0.5, 0.6) is 5.75 Å². The Bertz CT molecular complexity index is 629. The van der Waals surface area contributed by atoms with Crippen LogP contribution in [0.25, 0.3) is 0 Å². The Morgan fingerprint density at radius 1 is 1.24 bits per heavy atom. The number of carbonyl (C=O) groups is 1. The standard InChI is InChI=1S/C16H15BrClNO2/c1-21-13-5-2-11(3-6-13)8-9-19-16(20)12-4-7-14(17)15(18)10-12/h2-7,10H,8-9H2,1H3,(H,19,20). The molecule has 2 aromatic rings. The minimum atomic E-state index is -0.127. The maximum absolute atomic E-state index is 12.0. The van der Waals surface area contributed by atoms with Crippen LogP contribution in [0.2, 0.25) is 5.02 Å². The summed E-state index contributed by atoms with van der Waals surface area (Å²) in [6, 6.07) is 12.9. The fraction of sp³-hybridized carbons (Fsp3) is 0.188. The predicted octanol–water partition coefficient (Wildman–Crippen LogP) is 4.08. The van der Waals surface area contributed by atoms with Gasteiger partial charge in [0.15, 0.2) is 0 Å². The normalized spacial score (nSPS) is 10.2. The molecular formula is C16H15BrClNO2. The van der Waals surface area contributed by atoms with Gasteiger partial charge in [0.2, 0.25) is 0 Å². The number of nitrogens with one attached hydrogen (secondary N) is 1. The summed E-state index contributed by atoms with van der Waals surface area (Å²) >= 11 is 9.28. The third-order valence-electron chi connectivity index (χ3n) is 3.04. The van der Waals surface area contributed by atoms with E-state index in [9.17, 15) is 4.79 Å². The van der Waals surface area contributed by atoms with Gasteiger partial charge in [-0.2, -0.15) is 0 Å². The molecule has 0 radical (unpaired) electrons. The van der Waals surface area contributed by atoms with Crippen molar-refractivity contribution < 1.29 is 9.53 Å². The summed E-state index contributed by atoms with van der Waals surface area (Å²) in [6.45, 7) is 0.568. The van der Waals surface area contributed by atoms with E-state index in [1.165, 1.54) is 0 Å². The Morgan fingerprint density at radius 2 is 1.95 bits per heavy atom. The van der Waals surface area contributed by atoms with E-state index < -0.39 is 0 Å². The molecule has 0 unspecified atom stereocenters. The molecule has 5 heteroatoms. The van der Waals surface area contributed by atoms with Crippen LogP contribution in [-0.4, -0.2) is 19.6 Å². The first kappa shape index (κ1) is 15.9. The van der Waals surface area contributed by atoms with Gasteiger partial charge in [-0.25, -0.2) is 0 Å². The number of rotatable bonds is 5. The van der Waals surface area contributed by atoms with Gasteiger partial charge in [-0.3, -0.25) is 4.79 Å². The molecule has 0 aliphatic heterocycles. The summed E-state index contributed by atoms with van der Waals surface area (Å²) in [7, 11) is 1.64. The molecule has 1 amide bonds. The molecule has 0 bridgehead atoms. The van der Waals surface area contributed by atoms with Crippen molar-refractivity contribution in [2.75, 3.05) is 13.7 Å². The molecule has 0 aliphatic carbocycles. The van der Waals surface area contributed by atoms with Crippen LogP contribution in [0.3, 0.4) is 0 Å². The Morgan fingerprint density at radius 3 is 2.57 bits per heavy atom. The van der Waals surface area contributed by atoms with Crippen molar-refractivity contribution in [3.05, 3.63) is 63.1 Å². The smallest absolute Gasteiger partial charge is 0.251 e.